The third kappa shape index (κ3) is 3.09. The monoisotopic (exact) mass is 364 g/mol. The van der Waals surface area contributed by atoms with Crippen molar-refractivity contribution in [3.8, 4) is 16.9 Å². The minimum absolute atomic E-state index is 0.113. The minimum atomic E-state index is -1.24. The summed E-state index contributed by atoms with van der Waals surface area (Å²) < 4.78 is 14.4. The van der Waals surface area contributed by atoms with Gasteiger partial charge in [0, 0.05) is 5.56 Å². The maximum atomic E-state index is 13.4. The van der Waals surface area contributed by atoms with Gasteiger partial charge in [-0.1, -0.05) is 17.7 Å². The van der Waals surface area contributed by atoms with Gasteiger partial charge in [-0.25, -0.2) is 13.9 Å². The molecule has 0 unspecified atom stereocenters. The summed E-state index contributed by atoms with van der Waals surface area (Å²) in [6.45, 7) is -0.621. The maximum absolute atomic E-state index is 13.4. The van der Waals surface area contributed by atoms with Crippen molar-refractivity contribution in [1.82, 2.24) is 19.9 Å². The maximum Gasteiger partial charge on any atom is 0.322 e. The van der Waals surface area contributed by atoms with Crippen LogP contribution in [0, 0.1) is 5.82 Å². The van der Waals surface area contributed by atoms with Crippen molar-refractivity contribution in [2.24, 2.45) is 0 Å². The first-order chi connectivity index (χ1) is 11.9. The number of benzene rings is 1. The first-order valence-electron chi connectivity index (χ1n) is 6.89. The van der Waals surface area contributed by atoms with Gasteiger partial charge in [0.15, 0.2) is 11.3 Å². The first-order valence-corrected chi connectivity index (χ1v) is 7.27. The van der Waals surface area contributed by atoms with Crippen molar-refractivity contribution in [1.29, 1.82) is 0 Å². The number of nitrogens with one attached hydrogen (secondary N) is 1. The Kier molecular flexibility index (Phi) is 4.24. The Morgan fingerprint density at radius 3 is 2.76 bits per heavy atom. The van der Waals surface area contributed by atoms with E-state index in [1.807, 2.05) is 0 Å². The molecule has 10 heteroatoms. The lowest BCUT2D eigenvalue weighted by molar-refractivity contribution is -0.135. The topological polar surface area (TPSA) is 117 Å². The lowest BCUT2D eigenvalue weighted by Gasteiger charge is -2.11. The van der Waals surface area contributed by atoms with Crippen LogP contribution in [0.5, 0.6) is 5.75 Å². The van der Waals surface area contributed by atoms with E-state index in [1.54, 1.807) is 0 Å². The van der Waals surface area contributed by atoms with Crippen LogP contribution in [0.3, 0.4) is 0 Å². The number of hydrogen-bond acceptors (Lipinski definition) is 5. The van der Waals surface area contributed by atoms with Gasteiger partial charge in [0.05, 0.1) is 5.02 Å². The van der Waals surface area contributed by atoms with Crippen LogP contribution in [0.15, 0.2) is 30.6 Å². The Morgan fingerprint density at radius 2 is 2.08 bits per heavy atom. The lowest BCUT2D eigenvalue weighted by Crippen LogP contribution is -2.30. The van der Waals surface area contributed by atoms with Gasteiger partial charge in [-0.05, 0) is 23.8 Å². The number of pyridine rings is 1. The molecule has 2 aromatic heterocycles. The molecule has 0 saturated carbocycles. The summed E-state index contributed by atoms with van der Waals surface area (Å²) in [6.07, 6.45) is 1.16. The second-order valence-electron chi connectivity index (χ2n) is 4.99. The average Bonchev–Trinajstić information content (AvgIpc) is 3.03. The van der Waals surface area contributed by atoms with Crippen molar-refractivity contribution in [3.05, 3.63) is 47.1 Å². The van der Waals surface area contributed by atoms with Crippen molar-refractivity contribution in [3.63, 3.8) is 0 Å². The van der Waals surface area contributed by atoms with Gasteiger partial charge in [-0.2, -0.15) is 5.10 Å². The van der Waals surface area contributed by atoms with Crippen LogP contribution in [0.1, 0.15) is 10.5 Å². The number of aliphatic carboxylic acids is 1. The molecule has 0 radical (unpaired) electrons. The SMILES string of the molecule is O=C(O)CNC(=O)c1c(O)cc(-c2ccc(F)c(Cl)c2)c2ncnn12. The Morgan fingerprint density at radius 1 is 1.32 bits per heavy atom. The van der Waals surface area contributed by atoms with Crippen LogP contribution in [0.2, 0.25) is 5.02 Å². The predicted octanol–water partition coefficient (Wildman–Crippen LogP) is 1.71. The largest absolute Gasteiger partial charge is 0.505 e. The number of fused-ring (bicyclic) bond motifs is 1. The molecule has 3 rings (SSSR count). The van der Waals surface area contributed by atoms with E-state index in [2.05, 4.69) is 15.4 Å². The molecule has 0 aliphatic heterocycles. The lowest BCUT2D eigenvalue weighted by atomic mass is 10.1. The summed E-state index contributed by atoms with van der Waals surface area (Å²) in [4.78, 5) is 26.7. The minimum Gasteiger partial charge on any atom is -0.505 e. The number of rotatable bonds is 4. The fraction of sp³-hybridized carbons (Fsp3) is 0.0667. The summed E-state index contributed by atoms with van der Waals surface area (Å²) >= 11 is 5.78. The molecule has 2 heterocycles. The molecule has 128 valence electrons. The molecule has 0 saturated heterocycles. The van der Waals surface area contributed by atoms with Crippen molar-refractivity contribution >= 4 is 29.1 Å². The second kappa shape index (κ2) is 6.36. The number of amides is 1. The first kappa shape index (κ1) is 16.7. The predicted molar refractivity (Wildman–Crippen MR) is 85.0 cm³/mol. The van der Waals surface area contributed by atoms with Gasteiger partial charge < -0.3 is 15.5 Å². The smallest absolute Gasteiger partial charge is 0.322 e. The number of aromatic nitrogens is 3. The van der Waals surface area contributed by atoms with E-state index < -0.39 is 30.0 Å². The molecule has 0 fully saturated rings. The fourth-order valence-corrected chi connectivity index (χ4v) is 2.48. The highest BCUT2D eigenvalue weighted by atomic mass is 35.5. The van der Waals surface area contributed by atoms with Gasteiger partial charge >= 0.3 is 5.97 Å². The summed E-state index contributed by atoms with van der Waals surface area (Å²) in [6, 6.07) is 5.21. The molecule has 1 amide bonds. The highest BCUT2D eigenvalue weighted by molar-refractivity contribution is 6.31. The van der Waals surface area contributed by atoms with Gasteiger partial charge in [0.2, 0.25) is 0 Å². The Hall–Kier alpha value is -3.20. The third-order valence-corrected chi connectivity index (χ3v) is 3.66. The van der Waals surface area contributed by atoms with Crippen LogP contribution in [-0.4, -0.2) is 43.2 Å². The van der Waals surface area contributed by atoms with E-state index in [-0.39, 0.29) is 16.4 Å². The molecule has 0 atom stereocenters. The molecule has 0 spiro atoms. The molecular formula is C15H10ClFN4O4. The van der Waals surface area contributed by atoms with E-state index in [0.717, 1.165) is 16.9 Å². The van der Waals surface area contributed by atoms with Gasteiger partial charge in [-0.15, -0.1) is 0 Å². The zero-order chi connectivity index (χ0) is 18.1. The number of carboxylic acids is 1. The van der Waals surface area contributed by atoms with Gasteiger partial charge in [0.1, 0.15) is 24.4 Å². The Bertz CT molecular complexity index is 1000. The number of aromatic hydroxyl groups is 1. The summed E-state index contributed by atoms with van der Waals surface area (Å²) in [5, 5.41) is 24.8. The fourth-order valence-electron chi connectivity index (χ4n) is 2.30. The highest BCUT2D eigenvalue weighted by Crippen LogP contribution is 2.32. The summed E-state index contributed by atoms with van der Waals surface area (Å²) in [5.41, 5.74) is 0.760. The standard InChI is InChI=1S/C15H10ClFN4O4/c16-9-3-7(1-2-10(9)17)8-4-11(22)13(15(25)18-5-12(23)24)21-14(8)19-6-20-21/h1-4,6,22H,5H2,(H,18,25)(H,23,24). The van der Waals surface area contributed by atoms with Crippen LogP contribution in [-0.2, 0) is 4.79 Å². The van der Waals surface area contributed by atoms with Gasteiger partial charge in [0.25, 0.3) is 5.91 Å². The Balaban J connectivity index is 2.14. The molecule has 0 aliphatic rings. The molecule has 3 aromatic rings. The zero-order valence-corrected chi connectivity index (χ0v) is 13.2. The Labute approximate surface area is 144 Å². The van der Waals surface area contributed by atoms with Crippen molar-refractivity contribution < 1.29 is 24.2 Å². The summed E-state index contributed by atoms with van der Waals surface area (Å²) in [5.74, 6) is -3.12. The second-order valence-corrected chi connectivity index (χ2v) is 5.40. The van der Waals surface area contributed by atoms with Crippen LogP contribution in [0.4, 0.5) is 4.39 Å². The van der Waals surface area contributed by atoms with E-state index in [4.69, 9.17) is 16.7 Å². The number of carbonyl (C=O) groups is 2. The molecule has 1 aromatic carbocycles. The molecular weight excluding hydrogens is 355 g/mol. The molecule has 3 N–H and O–H groups in total. The van der Waals surface area contributed by atoms with Crippen LogP contribution in [0.25, 0.3) is 16.8 Å². The molecule has 0 aliphatic carbocycles. The van der Waals surface area contributed by atoms with E-state index in [0.29, 0.717) is 11.1 Å². The average molecular weight is 365 g/mol. The number of nitrogens with zero attached hydrogens (tertiary/aromatic N) is 3. The van der Waals surface area contributed by atoms with E-state index in [9.17, 15) is 19.1 Å². The number of halogens is 2. The number of carbonyl (C=O) groups excluding carboxylic acids is 1. The van der Waals surface area contributed by atoms with Crippen molar-refractivity contribution in [2.45, 2.75) is 0 Å². The van der Waals surface area contributed by atoms with Crippen LogP contribution < -0.4 is 5.32 Å². The third-order valence-electron chi connectivity index (χ3n) is 3.37. The molecule has 0 bridgehead atoms. The molecule has 25 heavy (non-hydrogen) atoms. The van der Waals surface area contributed by atoms with E-state index in [1.165, 1.54) is 18.2 Å². The quantitative estimate of drug-likeness (QED) is 0.648. The van der Waals surface area contributed by atoms with E-state index >= 15 is 0 Å². The zero-order valence-electron chi connectivity index (χ0n) is 12.4. The molecule has 8 nitrogen and oxygen atoms in total. The summed E-state index contributed by atoms with van der Waals surface area (Å²) in [7, 11) is 0. The number of carboxylic acid groups (broad SMARTS) is 1. The highest BCUT2D eigenvalue weighted by Gasteiger charge is 2.21. The van der Waals surface area contributed by atoms with Crippen LogP contribution >= 0.6 is 11.6 Å². The van der Waals surface area contributed by atoms with Gasteiger partial charge in [-0.3, -0.25) is 9.59 Å². The normalized spacial score (nSPS) is 10.8. The number of hydrogen-bond donors (Lipinski definition) is 3. The van der Waals surface area contributed by atoms with Crippen molar-refractivity contribution in [2.75, 3.05) is 6.54 Å².